The first-order valence-electron chi connectivity index (χ1n) is 6.47. The highest BCUT2D eigenvalue weighted by Gasteiger charge is 2.18. The van der Waals surface area contributed by atoms with E-state index in [1.807, 2.05) is 12.1 Å². The molecule has 4 nitrogen and oxygen atoms in total. The molecule has 1 heterocycles. The Balaban J connectivity index is 1.89. The largest absolute Gasteiger partial charge is 0.299 e. The van der Waals surface area contributed by atoms with Crippen molar-refractivity contribution in [1.82, 2.24) is 10.3 Å². The molecule has 2 rings (SSSR count). The summed E-state index contributed by atoms with van der Waals surface area (Å²) in [5, 5.41) is 0. The minimum Gasteiger partial charge on any atom is -0.299 e. The number of hydrogen-bond donors (Lipinski definition) is 2. The molecule has 0 aliphatic carbocycles. The maximum Gasteiger partial charge on any atom is 0.238 e. The van der Waals surface area contributed by atoms with Gasteiger partial charge >= 0.3 is 0 Å². The lowest BCUT2D eigenvalue weighted by Gasteiger charge is -2.15. The molecule has 1 aromatic rings. The number of hydrazine groups is 1. The van der Waals surface area contributed by atoms with Crippen LogP contribution in [-0.2, 0) is 17.8 Å². The highest BCUT2D eigenvalue weighted by atomic mass is 16.2. The molecule has 1 saturated heterocycles. The fourth-order valence-corrected chi connectivity index (χ4v) is 2.43. The van der Waals surface area contributed by atoms with Crippen molar-refractivity contribution in [3.8, 4) is 0 Å². The molecular weight excluding hydrogens is 226 g/mol. The van der Waals surface area contributed by atoms with Gasteiger partial charge < -0.3 is 0 Å². The Morgan fingerprint density at radius 3 is 2.61 bits per heavy atom. The Morgan fingerprint density at radius 1 is 1.39 bits per heavy atom. The van der Waals surface area contributed by atoms with Crippen molar-refractivity contribution in [2.24, 2.45) is 11.8 Å². The summed E-state index contributed by atoms with van der Waals surface area (Å²) in [6.45, 7) is 5.69. The molecule has 1 aliphatic heterocycles. The number of benzene rings is 1. The second-order valence-electron chi connectivity index (χ2n) is 5.19. The van der Waals surface area contributed by atoms with Crippen molar-refractivity contribution in [3.63, 3.8) is 0 Å². The van der Waals surface area contributed by atoms with E-state index >= 15 is 0 Å². The molecule has 0 saturated carbocycles. The molecule has 4 heteroatoms. The van der Waals surface area contributed by atoms with Crippen molar-refractivity contribution < 1.29 is 4.79 Å². The zero-order chi connectivity index (χ0) is 13.0. The predicted molar refractivity (Wildman–Crippen MR) is 71.5 cm³/mol. The van der Waals surface area contributed by atoms with Gasteiger partial charge in [-0.3, -0.25) is 15.1 Å². The molecule has 0 bridgehead atoms. The zero-order valence-corrected chi connectivity index (χ0v) is 10.9. The van der Waals surface area contributed by atoms with Crippen LogP contribution in [0.15, 0.2) is 24.3 Å². The number of hydrogen-bond acceptors (Lipinski definition) is 3. The van der Waals surface area contributed by atoms with E-state index in [-0.39, 0.29) is 5.91 Å². The number of nitrogens with one attached hydrogen (secondary N) is 1. The number of rotatable bonds is 4. The second-order valence-corrected chi connectivity index (χ2v) is 5.19. The number of nitrogens with two attached hydrogens (primary N) is 1. The molecule has 3 N–H and O–H groups in total. The Labute approximate surface area is 108 Å². The van der Waals surface area contributed by atoms with Crippen LogP contribution < -0.4 is 11.3 Å². The molecular formula is C14H21N3O. The van der Waals surface area contributed by atoms with Crippen LogP contribution in [0.4, 0.5) is 0 Å². The van der Waals surface area contributed by atoms with E-state index in [0.717, 1.165) is 18.0 Å². The maximum absolute atomic E-state index is 11.1. The third-order valence-electron chi connectivity index (χ3n) is 3.46. The van der Waals surface area contributed by atoms with Gasteiger partial charge in [0.05, 0.1) is 6.42 Å². The van der Waals surface area contributed by atoms with Crippen molar-refractivity contribution in [3.05, 3.63) is 35.4 Å². The third-order valence-corrected chi connectivity index (χ3v) is 3.46. The average Bonchev–Trinajstić information content (AvgIpc) is 2.77. The molecule has 1 unspecified atom stereocenters. The Kier molecular flexibility index (Phi) is 4.33. The van der Waals surface area contributed by atoms with Gasteiger partial charge in [0.2, 0.25) is 5.91 Å². The maximum atomic E-state index is 11.1. The van der Waals surface area contributed by atoms with Crippen molar-refractivity contribution in [2.45, 2.75) is 26.3 Å². The molecule has 0 aromatic heterocycles. The first kappa shape index (κ1) is 13.1. The van der Waals surface area contributed by atoms with E-state index in [1.165, 1.54) is 25.1 Å². The van der Waals surface area contributed by atoms with E-state index in [2.05, 4.69) is 29.4 Å². The third kappa shape index (κ3) is 3.55. The fourth-order valence-electron chi connectivity index (χ4n) is 2.43. The van der Waals surface area contributed by atoms with Crippen molar-refractivity contribution >= 4 is 5.91 Å². The summed E-state index contributed by atoms with van der Waals surface area (Å²) < 4.78 is 0. The van der Waals surface area contributed by atoms with Crippen LogP contribution in [0.3, 0.4) is 0 Å². The monoisotopic (exact) mass is 247 g/mol. The van der Waals surface area contributed by atoms with Gasteiger partial charge in [0.1, 0.15) is 0 Å². The number of likely N-dealkylation sites (tertiary alicyclic amines) is 1. The highest BCUT2D eigenvalue weighted by molar-refractivity contribution is 5.77. The van der Waals surface area contributed by atoms with E-state index < -0.39 is 0 Å². The molecule has 98 valence electrons. The minimum atomic E-state index is -0.156. The summed E-state index contributed by atoms with van der Waals surface area (Å²) in [5.41, 5.74) is 4.45. The summed E-state index contributed by atoms with van der Waals surface area (Å²) in [6.07, 6.45) is 1.65. The summed E-state index contributed by atoms with van der Waals surface area (Å²) in [6, 6.07) is 8.21. The molecule has 0 spiro atoms. The van der Waals surface area contributed by atoms with E-state index in [9.17, 15) is 4.79 Å². The van der Waals surface area contributed by atoms with Crippen LogP contribution >= 0.6 is 0 Å². The van der Waals surface area contributed by atoms with Crippen LogP contribution in [0.5, 0.6) is 0 Å². The number of nitrogens with zero attached hydrogens (tertiary/aromatic N) is 1. The van der Waals surface area contributed by atoms with Gasteiger partial charge in [-0.05, 0) is 30.0 Å². The van der Waals surface area contributed by atoms with Crippen LogP contribution in [0.1, 0.15) is 24.5 Å². The number of amides is 1. The molecule has 1 fully saturated rings. The molecule has 1 aliphatic rings. The Hall–Kier alpha value is -1.39. The van der Waals surface area contributed by atoms with Gasteiger partial charge in [0, 0.05) is 13.1 Å². The molecule has 1 amide bonds. The quantitative estimate of drug-likeness (QED) is 0.475. The average molecular weight is 247 g/mol. The standard InChI is InChI=1S/C14H21N3O/c1-11-6-7-17(9-11)10-13-4-2-12(3-5-13)8-14(18)16-15/h2-5,11H,6-10,15H2,1H3,(H,16,18). The van der Waals surface area contributed by atoms with Gasteiger partial charge in [-0.2, -0.15) is 0 Å². The van der Waals surface area contributed by atoms with E-state index in [4.69, 9.17) is 5.84 Å². The fraction of sp³-hybridized carbons (Fsp3) is 0.500. The first-order chi connectivity index (χ1) is 8.67. The minimum absolute atomic E-state index is 0.156. The van der Waals surface area contributed by atoms with Crippen molar-refractivity contribution in [1.29, 1.82) is 0 Å². The van der Waals surface area contributed by atoms with Gasteiger partial charge in [-0.1, -0.05) is 31.2 Å². The summed E-state index contributed by atoms with van der Waals surface area (Å²) >= 11 is 0. The second kappa shape index (κ2) is 5.98. The van der Waals surface area contributed by atoms with Crippen LogP contribution in [0.2, 0.25) is 0 Å². The summed E-state index contributed by atoms with van der Waals surface area (Å²) in [4.78, 5) is 13.6. The zero-order valence-electron chi connectivity index (χ0n) is 10.9. The summed E-state index contributed by atoms with van der Waals surface area (Å²) in [5.74, 6) is 5.73. The van der Waals surface area contributed by atoms with Crippen LogP contribution in [0, 0.1) is 5.92 Å². The van der Waals surface area contributed by atoms with Gasteiger partial charge in [0.15, 0.2) is 0 Å². The first-order valence-corrected chi connectivity index (χ1v) is 6.47. The Bertz CT molecular complexity index is 402. The van der Waals surface area contributed by atoms with Crippen LogP contribution in [-0.4, -0.2) is 23.9 Å². The Morgan fingerprint density at radius 2 is 2.06 bits per heavy atom. The molecule has 18 heavy (non-hydrogen) atoms. The number of carbonyl (C=O) groups excluding carboxylic acids is 1. The van der Waals surface area contributed by atoms with Gasteiger partial charge in [-0.25, -0.2) is 5.84 Å². The van der Waals surface area contributed by atoms with Gasteiger partial charge in [-0.15, -0.1) is 0 Å². The molecule has 0 radical (unpaired) electrons. The summed E-state index contributed by atoms with van der Waals surface area (Å²) in [7, 11) is 0. The normalized spacial score (nSPS) is 20.0. The van der Waals surface area contributed by atoms with Crippen LogP contribution in [0.25, 0.3) is 0 Å². The van der Waals surface area contributed by atoms with E-state index in [0.29, 0.717) is 6.42 Å². The lowest BCUT2D eigenvalue weighted by atomic mass is 10.1. The number of carbonyl (C=O) groups is 1. The SMILES string of the molecule is CC1CCN(Cc2ccc(CC(=O)NN)cc2)C1. The molecule has 1 atom stereocenters. The highest BCUT2D eigenvalue weighted by Crippen LogP contribution is 2.18. The predicted octanol–water partition coefficient (Wildman–Crippen LogP) is 1.06. The topological polar surface area (TPSA) is 58.4 Å². The van der Waals surface area contributed by atoms with Crippen molar-refractivity contribution in [2.75, 3.05) is 13.1 Å². The van der Waals surface area contributed by atoms with E-state index in [1.54, 1.807) is 0 Å². The lowest BCUT2D eigenvalue weighted by Crippen LogP contribution is -2.31. The smallest absolute Gasteiger partial charge is 0.238 e. The van der Waals surface area contributed by atoms with Gasteiger partial charge in [0.25, 0.3) is 0 Å². The molecule has 1 aromatic carbocycles. The lowest BCUT2D eigenvalue weighted by molar-refractivity contribution is -0.120.